The zero-order valence-electron chi connectivity index (χ0n) is 10.6. The molecule has 0 heterocycles. The van der Waals surface area contributed by atoms with Crippen molar-refractivity contribution in [2.45, 2.75) is 6.54 Å². The van der Waals surface area contributed by atoms with Crippen LogP contribution in [0.5, 0.6) is 5.75 Å². The molecule has 0 unspecified atom stereocenters. The Morgan fingerprint density at radius 2 is 2.11 bits per heavy atom. The summed E-state index contributed by atoms with van der Waals surface area (Å²) in [6.07, 6.45) is 2.92. The first-order valence-electron chi connectivity index (χ1n) is 5.73. The normalized spacial score (nSPS) is 11.2. The van der Waals surface area contributed by atoms with E-state index in [1.165, 1.54) is 6.26 Å². The highest BCUT2D eigenvalue weighted by Gasteiger charge is 2.04. The van der Waals surface area contributed by atoms with Gasteiger partial charge in [-0.15, -0.1) is 0 Å². The largest absolute Gasteiger partial charge is 0.489 e. The Morgan fingerprint density at radius 3 is 2.78 bits per heavy atom. The van der Waals surface area contributed by atoms with Crippen LogP contribution in [-0.4, -0.2) is 33.6 Å². The van der Waals surface area contributed by atoms with Gasteiger partial charge in [-0.25, -0.2) is 8.42 Å². The number of sulfone groups is 1. The number of hydrogen-bond acceptors (Lipinski definition) is 4. The lowest BCUT2D eigenvalue weighted by molar-refractivity contribution is 0.358. The summed E-state index contributed by atoms with van der Waals surface area (Å²) >= 11 is 0. The van der Waals surface area contributed by atoms with E-state index < -0.39 is 9.84 Å². The zero-order chi connectivity index (χ0) is 13.4. The highest BCUT2D eigenvalue weighted by molar-refractivity contribution is 7.90. The third-order valence-electron chi connectivity index (χ3n) is 2.29. The molecule has 0 saturated heterocycles. The van der Waals surface area contributed by atoms with Gasteiger partial charge in [0.2, 0.25) is 0 Å². The van der Waals surface area contributed by atoms with Crippen LogP contribution in [-0.2, 0) is 16.4 Å². The second kappa shape index (κ2) is 7.18. The maximum absolute atomic E-state index is 11.0. The van der Waals surface area contributed by atoms with E-state index >= 15 is 0 Å². The van der Waals surface area contributed by atoms with Gasteiger partial charge >= 0.3 is 0 Å². The molecule has 0 spiro atoms. The van der Waals surface area contributed by atoms with Gasteiger partial charge in [0, 0.05) is 24.9 Å². The van der Waals surface area contributed by atoms with Gasteiger partial charge in [-0.3, -0.25) is 0 Å². The molecule has 0 saturated carbocycles. The molecular weight excluding hydrogens is 250 g/mol. The summed E-state index contributed by atoms with van der Waals surface area (Å²) < 4.78 is 27.5. The summed E-state index contributed by atoms with van der Waals surface area (Å²) in [5.41, 5.74) is 1.01. The van der Waals surface area contributed by atoms with Crippen molar-refractivity contribution in [1.82, 2.24) is 5.32 Å². The highest BCUT2D eigenvalue weighted by atomic mass is 32.2. The van der Waals surface area contributed by atoms with E-state index in [1.807, 2.05) is 24.3 Å². The SMILES string of the molecule is C=CCOc1ccccc1CNCCS(C)(=O)=O. The molecule has 0 radical (unpaired) electrons. The Bertz CT molecular complexity index is 483. The summed E-state index contributed by atoms with van der Waals surface area (Å²) in [5, 5.41) is 3.09. The van der Waals surface area contributed by atoms with Gasteiger partial charge in [-0.05, 0) is 6.07 Å². The van der Waals surface area contributed by atoms with Gasteiger partial charge in [0.15, 0.2) is 0 Å². The lowest BCUT2D eigenvalue weighted by atomic mass is 10.2. The monoisotopic (exact) mass is 269 g/mol. The van der Waals surface area contributed by atoms with Crippen molar-refractivity contribution < 1.29 is 13.2 Å². The molecule has 0 fully saturated rings. The van der Waals surface area contributed by atoms with Crippen molar-refractivity contribution in [2.75, 3.05) is 25.2 Å². The molecule has 1 rings (SSSR count). The van der Waals surface area contributed by atoms with Crippen molar-refractivity contribution in [3.8, 4) is 5.75 Å². The number of hydrogen-bond donors (Lipinski definition) is 1. The van der Waals surface area contributed by atoms with E-state index in [-0.39, 0.29) is 5.75 Å². The lowest BCUT2D eigenvalue weighted by Gasteiger charge is -2.10. The Balaban J connectivity index is 2.48. The summed E-state index contributed by atoms with van der Waals surface area (Å²) in [7, 11) is -2.91. The summed E-state index contributed by atoms with van der Waals surface area (Å²) in [6, 6.07) is 7.66. The van der Waals surface area contributed by atoms with Gasteiger partial charge < -0.3 is 10.1 Å². The molecule has 1 N–H and O–H groups in total. The van der Waals surface area contributed by atoms with Crippen LogP contribution >= 0.6 is 0 Å². The van der Waals surface area contributed by atoms with E-state index in [0.29, 0.717) is 19.7 Å². The van der Waals surface area contributed by atoms with E-state index in [1.54, 1.807) is 6.08 Å². The van der Waals surface area contributed by atoms with Crippen LogP contribution in [0, 0.1) is 0 Å². The van der Waals surface area contributed by atoms with E-state index in [9.17, 15) is 8.42 Å². The fourth-order valence-electron chi connectivity index (χ4n) is 1.42. The number of ether oxygens (including phenoxy) is 1. The molecule has 0 aromatic heterocycles. The number of rotatable bonds is 8. The van der Waals surface area contributed by atoms with Crippen LogP contribution in [0.2, 0.25) is 0 Å². The van der Waals surface area contributed by atoms with E-state index in [0.717, 1.165) is 11.3 Å². The van der Waals surface area contributed by atoms with E-state index in [2.05, 4.69) is 11.9 Å². The van der Waals surface area contributed by atoms with Crippen molar-refractivity contribution in [2.24, 2.45) is 0 Å². The van der Waals surface area contributed by atoms with Crippen molar-refractivity contribution in [1.29, 1.82) is 0 Å². The Morgan fingerprint density at radius 1 is 1.39 bits per heavy atom. The van der Waals surface area contributed by atoms with Crippen LogP contribution in [0.3, 0.4) is 0 Å². The number of para-hydroxylation sites is 1. The molecule has 100 valence electrons. The average Bonchev–Trinajstić information content (AvgIpc) is 2.32. The molecule has 0 bridgehead atoms. The maximum Gasteiger partial charge on any atom is 0.148 e. The zero-order valence-corrected chi connectivity index (χ0v) is 11.4. The fourth-order valence-corrected chi connectivity index (χ4v) is 1.94. The number of benzene rings is 1. The minimum atomic E-state index is -2.91. The summed E-state index contributed by atoms with van der Waals surface area (Å²) in [6.45, 7) is 5.08. The highest BCUT2D eigenvalue weighted by Crippen LogP contribution is 2.17. The third-order valence-corrected chi connectivity index (χ3v) is 3.24. The average molecular weight is 269 g/mol. The van der Waals surface area contributed by atoms with Crippen molar-refractivity contribution in [3.05, 3.63) is 42.5 Å². The first-order chi connectivity index (χ1) is 8.53. The predicted octanol–water partition coefficient (Wildman–Crippen LogP) is 1.39. The Hall–Kier alpha value is -1.33. The smallest absolute Gasteiger partial charge is 0.148 e. The van der Waals surface area contributed by atoms with Crippen LogP contribution < -0.4 is 10.1 Å². The summed E-state index contributed by atoms with van der Waals surface area (Å²) in [4.78, 5) is 0. The van der Waals surface area contributed by atoms with Crippen molar-refractivity contribution >= 4 is 9.84 Å². The number of nitrogens with one attached hydrogen (secondary N) is 1. The molecule has 0 aliphatic rings. The molecular formula is C13H19NO3S. The van der Waals surface area contributed by atoms with Gasteiger partial charge in [-0.2, -0.15) is 0 Å². The van der Waals surface area contributed by atoms with Crippen LogP contribution in [0.25, 0.3) is 0 Å². The van der Waals surface area contributed by atoms with Gasteiger partial charge in [0.05, 0.1) is 5.75 Å². The molecule has 0 aliphatic heterocycles. The van der Waals surface area contributed by atoms with E-state index in [4.69, 9.17) is 4.74 Å². The first-order valence-corrected chi connectivity index (χ1v) is 7.79. The molecule has 0 aliphatic carbocycles. The Labute approximate surface area is 109 Å². The molecule has 1 aromatic rings. The molecule has 1 aromatic carbocycles. The summed E-state index contributed by atoms with van der Waals surface area (Å²) in [5.74, 6) is 0.937. The van der Waals surface area contributed by atoms with Gasteiger partial charge in [-0.1, -0.05) is 30.9 Å². The molecule has 0 atom stereocenters. The molecule has 0 amide bonds. The lowest BCUT2D eigenvalue weighted by Crippen LogP contribution is -2.22. The van der Waals surface area contributed by atoms with Gasteiger partial charge in [0.1, 0.15) is 22.2 Å². The Kier molecular flexibility index (Phi) is 5.88. The minimum absolute atomic E-state index is 0.142. The molecule has 5 heteroatoms. The van der Waals surface area contributed by atoms with Crippen molar-refractivity contribution in [3.63, 3.8) is 0 Å². The maximum atomic E-state index is 11.0. The fraction of sp³-hybridized carbons (Fsp3) is 0.385. The van der Waals surface area contributed by atoms with Gasteiger partial charge in [0.25, 0.3) is 0 Å². The quantitative estimate of drug-likeness (QED) is 0.572. The minimum Gasteiger partial charge on any atom is -0.489 e. The standard InChI is InChI=1S/C13H19NO3S/c1-3-9-17-13-7-5-4-6-12(13)11-14-8-10-18(2,15)16/h3-7,14H,1,8-11H2,2H3. The van der Waals surface area contributed by atoms with Crippen LogP contribution in [0.4, 0.5) is 0 Å². The van der Waals surface area contributed by atoms with Crippen LogP contribution in [0.15, 0.2) is 36.9 Å². The predicted molar refractivity (Wildman–Crippen MR) is 73.6 cm³/mol. The topological polar surface area (TPSA) is 55.4 Å². The molecule has 18 heavy (non-hydrogen) atoms. The molecule has 4 nitrogen and oxygen atoms in total. The second-order valence-electron chi connectivity index (χ2n) is 4.01. The first kappa shape index (κ1) is 14.7. The third kappa shape index (κ3) is 5.84. The van der Waals surface area contributed by atoms with Crippen LogP contribution in [0.1, 0.15) is 5.56 Å². The second-order valence-corrected chi connectivity index (χ2v) is 6.27.